The second-order valence-corrected chi connectivity index (χ2v) is 7.15. The van der Waals surface area contributed by atoms with Crippen LogP contribution in [0.15, 0.2) is 48.5 Å². The van der Waals surface area contributed by atoms with Crippen LogP contribution >= 0.6 is 0 Å². The van der Waals surface area contributed by atoms with Crippen LogP contribution < -0.4 is 0 Å². The zero-order valence-electron chi connectivity index (χ0n) is 14.3. The molecule has 0 N–H and O–H groups in total. The van der Waals surface area contributed by atoms with Crippen molar-refractivity contribution in [1.82, 2.24) is 0 Å². The SMILES string of the molecule is CC(C)c1ccc(C(C)(C)c2ccccc2)c(C(C)C)c1. The first-order valence-electron chi connectivity index (χ1n) is 8.04. The molecule has 0 heteroatoms. The predicted molar refractivity (Wildman–Crippen MR) is 93.2 cm³/mol. The van der Waals surface area contributed by atoms with Crippen LogP contribution in [0.5, 0.6) is 0 Å². The summed E-state index contributed by atoms with van der Waals surface area (Å²) >= 11 is 0. The van der Waals surface area contributed by atoms with Gasteiger partial charge in [0.2, 0.25) is 0 Å². The lowest BCUT2D eigenvalue weighted by Gasteiger charge is -2.30. The molecule has 2 aromatic rings. The molecule has 0 saturated heterocycles. The summed E-state index contributed by atoms with van der Waals surface area (Å²) in [6, 6.07) is 17.9. The molecule has 0 fully saturated rings. The van der Waals surface area contributed by atoms with Gasteiger partial charge >= 0.3 is 0 Å². The Hall–Kier alpha value is -1.56. The van der Waals surface area contributed by atoms with E-state index < -0.39 is 0 Å². The highest BCUT2D eigenvalue weighted by molar-refractivity contribution is 5.45. The summed E-state index contributed by atoms with van der Waals surface area (Å²) in [5.41, 5.74) is 5.79. The Morgan fingerprint density at radius 3 is 1.90 bits per heavy atom. The third-order valence-corrected chi connectivity index (χ3v) is 4.53. The van der Waals surface area contributed by atoms with Gasteiger partial charge in [0.15, 0.2) is 0 Å². The molecule has 0 aliphatic heterocycles. The Morgan fingerprint density at radius 1 is 0.762 bits per heavy atom. The summed E-state index contributed by atoms with van der Waals surface area (Å²) < 4.78 is 0. The molecule has 0 aliphatic rings. The first-order valence-corrected chi connectivity index (χ1v) is 8.04. The topological polar surface area (TPSA) is 0 Å². The number of rotatable bonds is 4. The van der Waals surface area contributed by atoms with Crippen molar-refractivity contribution in [2.24, 2.45) is 0 Å². The monoisotopic (exact) mass is 280 g/mol. The van der Waals surface area contributed by atoms with Gasteiger partial charge in [-0.05, 0) is 34.1 Å². The third kappa shape index (κ3) is 3.20. The number of benzene rings is 2. The van der Waals surface area contributed by atoms with Gasteiger partial charge in [-0.15, -0.1) is 0 Å². The van der Waals surface area contributed by atoms with Crippen LogP contribution in [-0.2, 0) is 5.41 Å². The second-order valence-electron chi connectivity index (χ2n) is 7.15. The summed E-state index contributed by atoms with van der Waals surface area (Å²) in [5, 5.41) is 0. The van der Waals surface area contributed by atoms with E-state index in [-0.39, 0.29) is 5.41 Å². The minimum atomic E-state index is 0.0381. The largest absolute Gasteiger partial charge is 0.0622 e. The molecular weight excluding hydrogens is 252 g/mol. The van der Waals surface area contributed by atoms with Gasteiger partial charge in [-0.1, -0.05) is 90.1 Å². The first kappa shape index (κ1) is 15.8. The maximum absolute atomic E-state index is 2.41. The Morgan fingerprint density at radius 2 is 1.38 bits per heavy atom. The third-order valence-electron chi connectivity index (χ3n) is 4.53. The summed E-state index contributed by atoms with van der Waals surface area (Å²) in [7, 11) is 0. The van der Waals surface area contributed by atoms with Gasteiger partial charge < -0.3 is 0 Å². The van der Waals surface area contributed by atoms with Gasteiger partial charge in [0.1, 0.15) is 0 Å². The zero-order valence-corrected chi connectivity index (χ0v) is 14.3. The molecule has 0 saturated carbocycles. The molecule has 0 unspecified atom stereocenters. The molecule has 112 valence electrons. The average Bonchev–Trinajstić information content (AvgIpc) is 2.47. The standard InChI is InChI=1S/C21H28/c1-15(2)17-12-13-20(19(14-17)16(3)4)21(5,6)18-10-8-7-9-11-18/h7-16H,1-6H3. The molecule has 0 aromatic heterocycles. The van der Waals surface area contributed by atoms with Crippen LogP contribution in [0.25, 0.3) is 0 Å². The normalized spacial score (nSPS) is 12.2. The summed E-state index contributed by atoms with van der Waals surface area (Å²) in [5.74, 6) is 1.12. The quantitative estimate of drug-likeness (QED) is 0.620. The lowest BCUT2D eigenvalue weighted by molar-refractivity contribution is 0.622. The first-order chi connectivity index (χ1) is 9.84. The van der Waals surface area contributed by atoms with E-state index in [2.05, 4.69) is 90.1 Å². The molecule has 0 bridgehead atoms. The molecule has 0 aliphatic carbocycles. The Kier molecular flexibility index (Phi) is 4.56. The fourth-order valence-corrected chi connectivity index (χ4v) is 3.00. The van der Waals surface area contributed by atoms with Gasteiger partial charge in [-0.2, -0.15) is 0 Å². The number of hydrogen-bond acceptors (Lipinski definition) is 0. The average molecular weight is 280 g/mol. The van der Waals surface area contributed by atoms with Crippen LogP contribution in [0.4, 0.5) is 0 Å². The van der Waals surface area contributed by atoms with Crippen LogP contribution in [0, 0.1) is 0 Å². The maximum atomic E-state index is 2.41. The van der Waals surface area contributed by atoms with E-state index in [1.807, 2.05) is 0 Å². The molecule has 0 radical (unpaired) electrons. The molecule has 2 aromatic carbocycles. The molecule has 2 rings (SSSR count). The van der Waals surface area contributed by atoms with Crippen molar-refractivity contribution in [1.29, 1.82) is 0 Å². The highest BCUT2D eigenvalue weighted by Gasteiger charge is 2.26. The van der Waals surface area contributed by atoms with Gasteiger partial charge in [0.05, 0.1) is 0 Å². The van der Waals surface area contributed by atoms with Crippen molar-refractivity contribution < 1.29 is 0 Å². The molecule has 21 heavy (non-hydrogen) atoms. The molecule has 0 atom stereocenters. The fraction of sp³-hybridized carbons (Fsp3) is 0.429. The molecular formula is C21H28. The maximum Gasteiger partial charge on any atom is 0.0149 e. The van der Waals surface area contributed by atoms with Gasteiger partial charge in [-0.3, -0.25) is 0 Å². The van der Waals surface area contributed by atoms with Crippen molar-refractivity contribution in [3.05, 3.63) is 70.8 Å². The van der Waals surface area contributed by atoms with Crippen molar-refractivity contribution in [3.63, 3.8) is 0 Å². The van der Waals surface area contributed by atoms with Crippen molar-refractivity contribution in [3.8, 4) is 0 Å². The van der Waals surface area contributed by atoms with Gasteiger partial charge in [-0.25, -0.2) is 0 Å². The zero-order chi connectivity index (χ0) is 15.6. The van der Waals surface area contributed by atoms with E-state index in [9.17, 15) is 0 Å². The van der Waals surface area contributed by atoms with E-state index in [0.29, 0.717) is 11.8 Å². The highest BCUT2D eigenvalue weighted by Crippen LogP contribution is 2.37. The fourth-order valence-electron chi connectivity index (χ4n) is 3.00. The molecule has 0 nitrogen and oxygen atoms in total. The minimum absolute atomic E-state index is 0.0381. The van der Waals surface area contributed by atoms with Crippen LogP contribution in [0.3, 0.4) is 0 Å². The van der Waals surface area contributed by atoms with Crippen LogP contribution in [-0.4, -0.2) is 0 Å². The molecule has 0 amide bonds. The smallest absolute Gasteiger partial charge is 0.0149 e. The van der Waals surface area contributed by atoms with Crippen LogP contribution in [0.1, 0.15) is 75.6 Å². The van der Waals surface area contributed by atoms with Gasteiger partial charge in [0.25, 0.3) is 0 Å². The van der Waals surface area contributed by atoms with E-state index in [0.717, 1.165) is 0 Å². The summed E-state index contributed by atoms with van der Waals surface area (Å²) in [6.07, 6.45) is 0. The highest BCUT2D eigenvalue weighted by atomic mass is 14.3. The minimum Gasteiger partial charge on any atom is -0.0622 e. The summed E-state index contributed by atoms with van der Waals surface area (Å²) in [4.78, 5) is 0. The van der Waals surface area contributed by atoms with Crippen molar-refractivity contribution >= 4 is 0 Å². The Labute approximate surface area is 130 Å². The van der Waals surface area contributed by atoms with E-state index >= 15 is 0 Å². The molecule has 0 spiro atoms. The summed E-state index contributed by atoms with van der Waals surface area (Å²) in [6.45, 7) is 13.8. The second kappa shape index (κ2) is 6.05. The van der Waals surface area contributed by atoms with E-state index in [1.54, 1.807) is 0 Å². The van der Waals surface area contributed by atoms with E-state index in [1.165, 1.54) is 22.3 Å². The Bertz CT molecular complexity index is 589. The predicted octanol–water partition coefficient (Wildman–Crippen LogP) is 6.26. The van der Waals surface area contributed by atoms with Gasteiger partial charge in [0, 0.05) is 5.41 Å². The van der Waals surface area contributed by atoms with E-state index in [4.69, 9.17) is 0 Å². The van der Waals surface area contributed by atoms with Crippen molar-refractivity contribution in [2.75, 3.05) is 0 Å². The lowest BCUT2D eigenvalue weighted by atomic mass is 9.73. The Balaban J connectivity index is 2.57. The van der Waals surface area contributed by atoms with Crippen molar-refractivity contribution in [2.45, 2.75) is 58.8 Å². The molecule has 0 heterocycles. The number of hydrogen-bond donors (Lipinski definition) is 0. The lowest BCUT2D eigenvalue weighted by Crippen LogP contribution is -2.21. The van der Waals surface area contributed by atoms with Crippen LogP contribution in [0.2, 0.25) is 0 Å².